The standard InChI is InChI=1S/C17H16ClNO3/c18-13-8-4-3-7-12(13)16(21)17(22)19-14-9-10-5-1-2-6-11(10)15(14)20/h1-8,14-16,20-21H,9H2,(H,19,22)/t14-,15-,16-/m1/s1. The quantitative estimate of drug-likeness (QED) is 0.812. The summed E-state index contributed by atoms with van der Waals surface area (Å²) in [5.41, 5.74) is 2.18. The number of aliphatic hydroxyl groups is 2. The molecule has 0 unspecified atom stereocenters. The topological polar surface area (TPSA) is 69.6 Å². The summed E-state index contributed by atoms with van der Waals surface area (Å²) < 4.78 is 0. The van der Waals surface area contributed by atoms with Crippen molar-refractivity contribution in [1.29, 1.82) is 0 Å². The van der Waals surface area contributed by atoms with Crippen LogP contribution in [0.25, 0.3) is 0 Å². The summed E-state index contributed by atoms with van der Waals surface area (Å²) >= 11 is 5.99. The Morgan fingerprint density at radius 2 is 1.86 bits per heavy atom. The van der Waals surface area contributed by atoms with Crippen molar-refractivity contribution in [1.82, 2.24) is 5.32 Å². The monoisotopic (exact) mass is 317 g/mol. The van der Waals surface area contributed by atoms with E-state index in [1.54, 1.807) is 24.3 Å². The summed E-state index contributed by atoms with van der Waals surface area (Å²) in [6.07, 6.45) is -1.58. The molecular weight excluding hydrogens is 302 g/mol. The van der Waals surface area contributed by atoms with Crippen LogP contribution in [0, 0.1) is 0 Å². The lowest BCUT2D eigenvalue weighted by molar-refractivity contribution is -0.131. The summed E-state index contributed by atoms with van der Waals surface area (Å²) in [5, 5.41) is 23.5. The van der Waals surface area contributed by atoms with Crippen LogP contribution in [-0.2, 0) is 11.2 Å². The average molecular weight is 318 g/mol. The van der Waals surface area contributed by atoms with Crippen LogP contribution in [0.4, 0.5) is 0 Å². The summed E-state index contributed by atoms with van der Waals surface area (Å²) in [7, 11) is 0. The first-order valence-corrected chi connectivity index (χ1v) is 7.44. The highest BCUT2D eigenvalue weighted by atomic mass is 35.5. The molecule has 0 aliphatic heterocycles. The molecule has 3 rings (SSSR count). The molecule has 5 heteroatoms. The van der Waals surface area contributed by atoms with Crippen molar-refractivity contribution in [3.63, 3.8) is 0 Å². The normalized spacial score (nSPS) is 21.2. The molecule has 1 amide bonds. The number of hydrogen-bond donors (Lipinski definition) is 3. The zero-order valence-corrected chi connectivity index (χ0v) is 12.5. The van der Waals surface area contributed by atoms with E-state index in [1.807, 2.05) is 24.3 Å². The van der Waals surface area contributed by atoms with E-state index in [9.17, 15) is 15.0 Å². The third kappa shape index (κ3) is 2.73. The molecule has 114 valence electrons. The first-order chi connectivity index (χ1) is 10.6. The van der Waals surface area contributed by atoms with Gasteiger partial charge in [-0.05, 0) is 23.6 Å². The predicted octanol–water partition coefficient (Wildman–Crippen LogP) is 2.15. The maximum Gasteiger partial charge on any atom is 0.253 e. The molecule has 22 heavy (non-hydrogen) atoms. The number of hydrogen-bond acceptors (Lipinski definition) is 3. The van der Waals surface area contributed by atoms with Crippen molar-refractivity contribution in [2.75, 3.05) is 0 Å². The minimum Gasteiger partial charge on any atom is -0.386 e. The maximum absolute atomic E-state index is 12.2. The van der Waals surface area contributed by atoms with Crippen LogP contribution in [0.15, 0.2) is 48.5 Å². The molecule has 0 spiro atoms. The van der Waals surface area contributed by atoms with Gasteiger partial charge in [-0.2, -0.15) is 0 Å². The highest BCUT2D eigenvalue weighted by Crippen LogP contribution is 2.31. The molecule has 0 aromatic heterocycles. The van der Waals surface area contributed by atoms with E-state index in [-0.39, 0.29) is 0 Å². The van der Waals surface area contributed by atoms with Crippen molar-refractivity contribution in [2.24, 2.45) is 0 Å². The van der Waals surface area contributed by atoms with Gasteiger partial charge in [-0.25, -0.2) is 0 Å². The highest BCUT2D eigenvalue weighted by Gasteiger charge is 2.33. The second-order valence-electron chi connectivity index (χ2n) is 5.39. The first kappa shape index (κ1) is 15.0. The average Bonchev–Trinajstić information content (AvgIpc) is 2.84. The second-order valence-corrected chi connectivity index (χ2v) is 5.79. The number of carbonyl (C=O) groups excluding carboxylic acids is 1. The molecule has 2 aromatic rings. The number of carbonyl (C=O) groups is 1. The van der Waals surface area contributed by atoms with E-state index in [0.29, 0.717) is 17.0 Å². The lowest BCUT2D eigenvalue weighted by Gasteiger charge is -2.20. The van der Waals surface area contributed by atoms with Gasteiger partial charge in [-0.15, -0.1) is 0 Å². The number of amides is 1. The largest absolute Gasteiger partial charge is 0.386 e. The minimum absolute atomic E-state index is 0.334. The van der Waals surface area contributed by atoms with E-state index < -0.39 is 24.2 Å². The maximum atomic E-state index is 12.2. The van der Waals surface area contributed by atoms with Crippen molar-refractivity contribution in [3.8, 4) is 0 Å². The fourth-order valence-electron chi connectivity index (χ4n) is 2.80. The number of benzene rings is 2. The van der Waals surface area contributed by atoms with Gasteiger partial charge in [0.05, 0.1) is 12.1 Å². The Morgan fingerprint density at radius 3 is 2.59 bits per heavy atom. The fraction of sp³-hybridized carbons (Fsp3) is 0.235. The minimum atomic E-state index is -1.36. The van der Waals surface area contributed by atoms with Gasteiger partial charge in [-0.3, -0.25) is 4.79 Å². The third-order valence-corrected chi connectivity index (χ3v) is 4.31. The van der Waals surface area contributed by atoms with Gasteiger partial charge in [0.2, 0.25) is 0 Å². The van der Waals surface area contributed by atoms with Gasteiger partial charge in [0.25, 0.3) is 5.91 Å². The summed E-state index contributed by atoms with van der Waals surface area (Å²) in [6, 6.07) is 13.7. The van der Waals surface area contributed by atoms with Gasteiger partial charge in [0.1, 0.15) is 0 Å². The molecule has 1 aliphatic rings. The molecule has 3 N–H and O–H groups in total. The van der Waals surface area contributed by atoms with Crippen molar-refractivity contribution < 1.29 is 15.0 Å². The zero-order chi connectivity index (χ0) is 15.7. The van der Waals surface area contributed by atoms with Crippen LogP contribution in [0.2, 0.25) is 5.02 Å². The van der Waals surface area contributed by atoms with Crippen LogP contribution < -0.4 is 5.32 Å². The molecule has 2 aromatic carbocycles. The highest BCUT2D eigenvalue weighted by molar-refractivity contribution is 6.31. The Bertz CT molecular complexity index is 704. The number of rotatable bonds is 3. The van der Waals surface area contributed by atoms with Crippen molar-refractivity contribution >= 4 is 17.5 Å². The van der Waals surface area contributed by atoms with E-state index in [4.69, 9.17) is 11.6 Å². The summed E-state index contributed by atoms with van der Waals surface area (Å²) in [5.74, 6) is -0.565. The predicted molar refractivity (Wildman–Crippen MR) is 83.4 cm³/mol. The number of halogens is 1. The van der Waals surface area contributed by atoms with E-state index in [1.165, 1.54) is 0 Å². The van der Waals surface area contributed by atoms with Crippen LogP contribution in [-0.4, -0.2) is 22.2 Å². The van der Waals surface area contributed by atoms with Crippen LogP contribution in [0.1, 0.15) is 28.9 Å². The number of fused-ring (bicyclic) bond motifs is 1. The molecule has 0 saturated carbocycles. The van der Waals surface area contributed by atoms with Crippen LogP contribution in [0.5, 0.6) is 0 Å². The second kappa shape index (κ2) is 6.08. The van der Waals surface area contributed by atoms with Crippen molar-refractivity contribution in [2.45, 2.75) is 24.7 Å². The third-order valence-electron chi connectivity index (χ3n) is 3.97. The Kier molecular flexibility index (Phi) is 4.16. The lowest BCUT2D eigenvalue weighted by atomic mass is 10.1. The number of aliphatic hydroxyl groups excluding tert-OH is 2. The molecule has 4 nitrogen and oxygen atoms in total. The molecule has 0 radical (unpaired) electrons. The van der Waals surface area contributed by atoms with Gasteiger partial charge in [-0.1, -0.05) is 54.1 Å². The zero-order valence-electron chi connectivity index (χ0n) is 11.7. The molecule has 1 aliphatic carbocycles. The lowest BCUT2D eigenvalue weighted by Crippen LogP contribution is -2.40. The van der Waals surface area contributed by atoms with Crippen molar-refractivity contribution in [3.05, 3.63) is 70.2 Å². The Balaban J connectivity index is 1.72. The van der Waals surface area contributed by atoms with E-state index in [2.05, 4.69) is 5.32 Å². The molecule has 0 heterocycles. The van der Waals surface area contributed by atoms with E-state index >= 15 is 0 Å². The van der Waals surface area contributed by atoms with Gasteiger partial charge in [0, 0.05) is 10.6 Å². The SMILES string of the molecule is O=C(N[C@@H]1Cc2ccccc2[C@H]1O)[C@H](O)c1ccccc1Cl. The Labute approximate surface area is 133 Å². The van der Waals surface area contributed by atoms with Crippen LogP contribution >= 0.6 is 11.6 Å². The summed E-state index contributed by atoms with van der Waals surface area (Å²) in [4.78, 5) is 12.2. The van der Waals surface area contributed by atoms with Gasteiger partial charge in [0.15, 0.2) is 6.10 Å². The molecular formula is C17H16ClNO3. The smallest absolute Gasteiger partial charge is 0.253 e. The Morgan fingerprint density at radius 1 is 1.18 bits per heavy atom. The molecule has 0 bridgehead atoms. The van der Waals surface area contributed by atoms with E-state index in [0.717, 1.165) is 11.1 Å². The number of nitrogens with one attached hydrogen (secondary N) is 1. The molecule has 3 atom stereocenters. The Hall–Kier alpha value is -1.88. The summed E-state index contributed by atoms with van der Waals surface area (Å²) in [6.45, 7) is 0. The van der Waals surface area contributed by atoms with Crippen LogP contribution in [0.3, 0.4) is 0 Å². The molecule has 0 fully saturated rings. The van der Waals surface area contributed by atoms with Gasteiger partial charge >= 0.3 is 0 Å². The van der Waals surface area contributed by atoms with Gasteiger partial charge < -0.3 is 15.5 Å². The molecule has 0 saturated heterocycles. The first-order valence-electron chi connectivity index (χ1n) is 7.06. The fourth-order valence-corrected chi connectivity index (χ4v) is 3.04.